The lowest BCUT2D eigenvalue weighted by Crippen LogP contribution is -2.18. The summed E-state index contributed by atoms with van der Waals surface area (Å²) in [5.74, 6) is 0.739. The Hall–Kier alpha value is -4.50. The number of amides is 1. The van der Waals surface area contributed by atoms with Gasteiger partial charge in [-0.25, -0.2) is 0 Å². The number of aromatic nitrogens is 2. The Balaban J connectivity index is 1.59. The molecule has 0 bridgehead atoms. The molecule has 0 aliphatic carbocycles. The zero-order valence-corrected chi connectivity index (χ0v) is 23.3. The largest absolute Gasteiger partial charge is 0.656 e. The normalized spacial score (nSPS) is 12.1. The third-order valence-corrected chi connectivity index (χ3v) is 6.41. The van der Waals surface area contributed by atoms with Crippen molar-refractivity contribution in [3.63, 3.8) is 0 Å². The highest BCUT2D eigenvalue weighted by Crippen LogP contribution is 2.39. The van der Waals surface area contributed by atoms with E-state index >= 15 is 0 Å². The first kappa shape index (κ1) is 29.5. The van der Waals surface area contributed by atoms with Crippen molar-refractivity contribution in [2.24, 2.45) is 0 Å². The molecular weight excluding hydrogens is 526 g/mol. The van der Waals surface area contributed by atoms with E-state index in [1.807, 2.05) is 55.5 Å². The van der Waals surface area contributed by atoms with Crippen LogP contribution in [0.25, 0.3) is 27.4 Å². The van der Waals surface area contributed by atoms with E-state index in [2.05, 4.69) is 15.5 Å². The van der Waals surface area contributed by atoms with Gasteiger partial charge in [0.25, 0.3) is 0 Å². The lowest BCUT2D eigenvalue weighted by Gasteiger charge is -2.20. The topological polar surface area (TPSA) is 81.6 Å². The van der Waals surface area contributed by atoms with Crippen LogP contribution in [0.1, 0.15) is 30.0 Å². The molecule has 0 radical (unpaired) electrons. The third-order valence-electron chi connectivity index (χ3n) is 6.41. The molecule has 1 heterocycles. The molecule has 4 rings (SSSR count). The molecule has 0 aliphatic heterocycles. The van der Waals surface area contributed by atoms with Gasteiger partial charge in [-0.1, -0.05) is 49.4 Å². The summed E-state index contributed by atoms with van der Waals surface area (Å²) in [6.07, 6.45) is 5.56. The lowest BCUT2D eigenvalue weighted by molar-refractivity contribution is -0.123. The van der Waals surface area contributed by atoms with E-state index in [4.69, 9.17) is 9.47 Å². The molecule has 4 aromatic rings. The summed E-state index contributed by atoms with van der Waals surface area (Å²) in [5.41, 5.74) is 5.13. The molecule has 9 heteroatoms. The second-order valence-electron chi connectivity index (χ2n) is 9.39. The number of aromatic amines is 1. The molecule has 0 atom stereocenters. The summed E-state index contributed by atoms with van der Waals surface area (Å²) in [6, 6.07) is 20.5. The number of para-hydroxylation sites is 1. The number of nitrogens with one attached hydrogen (secondary N) is 1. The Bertz CT molecular complexity index is 1510. The van der Waals surface area contributed by atoms with Crippen LogP contribution in [-0.4, -0.2) is 61.4 Å². The second kappa shape index (κ2) is 14.2. The fourth-order valence-electron chi connectivity index (χ4n) is 4.44. The van der Waals surface area contributed by atoms with E-state index in [1.165, 1.54) is 11.0 Å². The first-order valence-electron chi connectivity index (χ1n) is 13.3. The van der Waals surface area contributed by atoms with Crippen molar-refractivity contribution in [2.45, 2.75) is 20.0 Å². The summed E-state index contributed by atoms with van der Waals surface area (Å²) >= 11 is 0. The number of carbonyl (C=O) groups excluding carboxylic acids is 1. The van der Waals surface area contributed by atoms with Crippen LogP contribution in [0.15, 0.2) is 85.1 Å². The molecular formula is C32H33F2N4O3-. The highest BCUT2D eigenvalue weighted by molar-refractivity contribution is 6.01. The van der Waals surface area contributed by atoms with E-state index in [0.29, 0.717) is 37.4 Å². The minimum absolute atomic E-state index is 0.0779. The monoisotopic (exact) mass is 559 g/mol. The zero-order valence-electron chi connectivity index (χ0n) is 23.3. The number of hydrogen-bond donors (Lipinski definition) is 1. The first-order valence-corrected chi connectivity index (χ1v) is 13.3. The van der Waals surface area contributed by atoms with Crippen LogP contribution in [-0.2, 0) is 4.79 Å². The fraction of sp³-hybridized carbons (Fsp3) is 0.250. The number of allylic oxidation sites excluding steroid dienone is 1. The molecule has 1 aromatic heterocycles. The molecule has 7 nitrogen and oxygen atoms in total. The molecule has 0 fully saturated rings. The number of likely N-dealkylation sites (N-methyl/N-ethyl adjacent to an activating group) is 1. The number of halogens is 2. The maximum atomic E-state index is 13.3. The minimum Gasteiger partial charge on any atom is -0.656 e. The van der Waals surface area contributed by atoms with Crippen LogP contribution in [0.5, 0.6) is 11.5 Å². The van der Waals surface area contributed by atoms with Crippen LogP contribution >= 0.6 is 0 Å². The van der Waals surface area contributed by atoms with Gasteiger partial charge in [0.1, 0.15) is 11.5 Å². The third kappa shape index (κ3) is 7.79. The number of ether oxygens (including phenoxy) is 2. The Morgan fingerprint density at radius 3 is 2.56 bits per heavy atom. The van der Waals surface area contributed by atoms with E-state index in [9.17, 15) is 13.6 Å². The molecule has 0 unspecified atom stereocenters. The van der Waals surface area contributed by atoms with Gasteiger partial charge in [-0.3, -0.25) is 9.89 Å². The fourth-order valence-corrected chi connectivity index (χ4v) is 4.44. The van der Waals surface area contributed by atoms with Crippen LogP contribution in [0.2, 0.25) is 0 Å². The Kier molecular flexibility index (Phi) is 10.2. The van der Waals surface area contributed by atoms with Crippen molar-refractivity contribution in [3.8, 4) is 11.5 Å². The standard InChI is InChI=1S/C32H33F2N4O3/c1-4-26(27-8-5-6-9-29(27)41-32(33)34)31(23-13-16-28-24(20-23)21-36-37-28)22-11-14-25(15-12-22)40-19-18-35-17-7-10-30(39)38(2)3/h5-16,20-21,32H,4,17-19H2,1-3H3,(H,36,37)/q-1/b10-7+,31-26+. The summed E-state index contributed by atoms with van der Waals surface area (Å²) in [5, 5.41) is 12.4. The number of alkyl halides is 2. The van der Waals surface area contributed by atoms with Crippen molar-refractivity contribution >= 4 is 28.0 Å². The molecule has 0 aliphatic rings. The van der Waals surface area contributed by atoms with E-state index in [1.54, 1.807) is 44.6 Å². The average molecular weight is 560 g/mol. The minimum atomic E-state index is -2.93. The van der Waals surface area contributed by atoms with E-state index in [-0.39, 0.29) is 11.7 Å². The molecule has 214 valence electrons. The van der Waals surface area contributed by atoms with Crippen LogP contribution in [0.3, 0.4) is 0 Å². The highest BCUT2D eigenvalue weighted by atomic mass is 19.3. The number of fused-ring (bicyclic) bond motifs is 1. The quantitative estimate of drug-likeness (QED) is 0.109. The van der Waals surface area contributed by atoms with Gasteiger partial charge in [-0.15, -0.1) is 13.1 Å². The summed E-state index contributed by atoms with van der Waals surface area (Å²) in [7, 11) is 3.40. The van der Waals surface area contributed by atoms with Gasteiger partial charge in [0.05, 0.1) is 18.3 Å². The number of rotatable bonds is 13. The van der Waals surface area contributed by atoms with E-state index < -0.39 is 6.61 Å². The Labute approximate surface area is 238 Å². The molecule has 0 saturated heterocycles. The molecule has 0 spiro atoms. The summed E-state index contributed by atoms with van der Waals surface area (Å²) < 4.78 is 37.3. The molecule has 1 amide bonds. The summed E-state index contributed by atoms with van der Waals surface area (Å²) in [6.45, 7) is 0.386. The molecule has 0 saturated carbocycles. The predicted octanol–water partition coefficient (Wildman–Crippen LogP) is 6.93. The van der Waals surface area contributed by atoms with Gasteiger partial charge in [0.15, 0.2) is 0 Å². The first-order chi connectivity index (χ1) is 19.9. The predicted molar refractivity (Wildman–Crippen MR) is 158 cm³/mol. The number of benzene rings is 3. The van der Waals surface area contributed by atoms with Gasteiger partial charge in [0, 0.05) is 25.0 Å². The van der Waals surface area contributed by atoms with Gasteiger partial charge in [-0.2, -0.15) is 13.9 Å². The van der Waals surface area contributed by atoms with Crippen molar-refractivity contribution in [1.29, 1.82) is 0 Å². The Morgan fingerprint density at radius 1 is 1.07 bits per heavy atom. The van der Waals surface area contributed by atoms with Gasteiger partial charge in [-0.05, 0) is 65.1 Å². The zero-order chi connectivity index (χ0) is 29.2. The van der Waals surface area contributed by atoms with Crippen molar-refractivity contribution in [1.82, 2.24) is 15.1 Å². The van der Waals surface area contributed by atoms with Crippen molar-refractivity contribution in [2.75, 3.05) is 33.8 Å². The van der Waals surface area contributed by atoms with Crippen LogP contribution < -0.4 is 9.47 Å². The molecule has 1 N–H and O–H groups in total. The maximum Gasteiger partial charge on any atom is 0.387 e. The van der Waals surface area contributed by atoms with E-state index in [0.717, 1.165) is 33.2 Å². The number of hydrogen-bond acceptors (Lipinski definition) is 4. The Morgan fingerprint density at radius 2 is 1.83 bits per heavy atom. The molecule has 41 heavy (non-hydrogen) atoms. The lowest BCUT2D eigenvalue weighted by atomic mass is 9.87. The molecule has 3 aromatic carbocycles. The van der Waals surface area contributed by atoms with Gasteiger partial charge in [0.2, 0.25) is 5.91 Å². The van der Waals surface area contributed by atoms with Crippen molar-refractivity contribution in [3.05, 3.63) is 107 Å². The SMILES string of the molecule is CC/C(=C(/c1ccc(OCC[N-]C/C=C/C(=O)N(C)C)cc1)c1ccc2[nH]ncc2c1)c1ccccc1OC(F)F. The van der Waals surface area contributed by atoms with Crippen molar-refractivity contribution < 1.29 is 23.0 Å². The number of nitrogens with zero attached hydrogens (tertiary/aromatic N) is 3. The van der Waals surface area contributed by atoms with Crippen LogP contribution in [0, 0.1) is 0 Å². The summed E-state index contributed by atoms with van der Waals surface area (Å²) in [4.78, 5) is 13.1. The second-order valence-corrected chi connectivity index (χ2v) is 9.39. The average Bonchev–Trinajstić information content (AvgIpc) is 3.44. The van der Waals surface area contributed by atoms with Gasteiger partial charge >= 0.3 is 6.61 Å². The number of carbonyl (C=O) groups is 1. The highest BCUT2D eigenvalue weighted by Gasteiger charge is 2.18. The number of H-pyrrole nitrogens is 1. The maximum absolute atomic E-state index is 13.3. The van der Waals surface area contributed by atoms with Crippen LogP contribution in [0.4, 0.5) is 8.78 Å². The smallest absolute Gasteiger partial charge is 0.387 e. The van der Waals surface area contributed by atoms with Gasteiger partial charge < -0.3 is 19.7 Å².